The molecule has 1 amide bonds. The van der Waals surface area contributed by atoms with E-state index in [1.807, 2.05) is 0 Å². The minimum atomic E-state index is -2.00. The SMILES string of the molecule is CC(O)(CNC(=O)c1ncccc1Br)C(=O)O. The molecule has 3 N–H and O–H groups in total. The molecular formula is C10H11BrN2O4. The summed E-state index contributed by atoms with van der Waals surface area (Å²) in [5.74, 6) is -1.96. The average Bonchev–Trinajstić information content (AvgIpc) is 2.26. The zero-order valence-electron chi connectivity index (χ0n) is 8.98. The van der Waals surface area contributed by atoms with E-state index in [0.29, 0.717) is 4.47 Å². The number of amides is 1. The Morgan fingerprint density at radius 3 is 2.76 bits per heavy atom. The smallest absolute Gasteiger partial charge is 0.337 e. The number of rotatable bonds is 4. The van der Waals surface area contributed by atoms with Gasteiger partial charge in [-0.3, -0.25) is 4.79 Å². The van der Waals surface area contributed by atoms with Gasteiger partial charge in [-0.2, -0.15) is 0 Å². The number of hydrogen-bond donors (Lipinski definition) is 3. The highest BCUT2D eigenvalue weighted by Crippen LogP contribution is 2.13. The van der Waals surface area contributed by atoms with Gasteiger partial charge < -0.3 is 15.5 Å². The minimum absolute atomic E-state index is 0.133. The van der Waals surface area contributed by atoms with Gasteiger partial charge in [-0.1, -0.05) is 0 Å². The fourth-order valence-corrected chi connectivity index (χ4v) is 1.40. The monoisotopic (exact) mass is 302 g/mol. The zero-order valence-corrected chi connectivity index (χ0v) is 10.6. The molecule has 0 radical (unpaired) electrons. The number of aromatic nitrogens is 1. The third-order valence-corrected chi connectivity index (χ3v) is 2.67. The van der Waals surface area contributed by atoms with Gasteiger partial charge >= 0.3 is 5.97 Å². The fraction of sp³-hybridized carbons (Fsp3) is 0.300. The average molecular weight is 303 g/mol. The molecule has 0 saturated carbocycles. The van der Waals surface area contributed by atoms with E-state index in [-0.39, 0.29) is 5.69 Å². The maximum absolute atomic E-state index is 11.6. The predicted molar refractivity (Wildman–Crippen MR) is 62.5 cm³/mol. The van der Waals surface area contributed by atoms with Gasteiger partial charge in [0.1, 0.15) is 5.69 Å². The molecule has 1 heterocycles. The molecule has 7 heteroatoms. The number of carboxylic acid groups (broad SMARTS) is 1. The van der Waals surface area contributed by atoms with Crippen molar-refractivity contribution >= 4 is 27.8 Å². The Morgan fingerprint density at radius 1 is 1.59 bits per heavy atom. The summed E-state index contributed by atoms with van der Waals surface area (Å²) in [5, 5.41) is 20.4. The van der Waals surface area contributed by atoms with Crippen molar-refractivity contribution in [3.05, 3.63) is 28.5 Å². The van der Waals surface area contributed by atoms with Gasteiger partial charge in [-0.25, -0.2) is 9.78 Å². The normalized spacial score (nSPS) is 13.8. The molecule has 0 fully saturated rings. The van der Waals surface area contributed by atoms with E-state index in [9.17, 15) is 14.7 Å². The number of aliphatic carboxylic acids is 1. The van der Waals surface area contributed by atoms with Crippen LogP contribution < -0.4 is 5.32 Å². The quantitative estimate of drug-likeness (QED) is 0.748. The summed E-state index contributed by atoms with van der Waals surface area (Å²) >= 11 is 3.14. The first kappa shape index (κ1) is 13.6. The first-order chi connectivity index (χ1) is 7.84. The summed E-state index contributed by atoms with van der Waals surface area (Å²) in [6.45, 7) is 0.702. The molecule has 1 unspecified atom stereocenters. The van der Waals surface area contributed by atoms with Crippen molar-refractivity contribution in [1.82, 2.24) is 10.3 Å². The third kappa shape index (κ3) is 3.50. The Labute approximate surface area is 106 Å². The number of hydrogen-bond acceptors (Lipinski definition) is 4. The first-order valence-electron chi connectivity index (χ1n) is 4.69. The molecule has 0 aromatic carbocycles. The number of nitrogens with one attached hydrogen (secondary N) is 1. The lowest BCUT2D eigenvalue weighted by molar-refractivity contribution is -0.155. The number of carboxylic acids is 1. The summed E-state index contributed by atoms with van der Waals surface area (Å²) in [4.78, 5) is 26.1. The maximum atomic E-state index is 11.6. The van der Waals surface area contributed by atoms with Gasteiger partial charge in [0.05, 0.1) is 6.54 Å². The maximum Gasteiger partial charge on any atom is 0.337 e. The molecular weight excluding hydrogens is 292 g/mol. The Balaban J connectivity index is 2.69. The van der Waals surface area contributed by atoms with Crippen LogP contribution in [0.1, 0.15) is 17.4 Å². The molecule has 17 heavy (non-hydrogen) atoms. The van der Waals surface area contributed by atoms with Gasteiger partial charge in [0.15, 0.2) is 5.60 Å². The van der Waals surface area contributed by atoms with Crippen LogP contribution in [0.15, 0.2) is 22.8 Å². The number of aliphatic hydroxyl groups is 1. The van der Waals surface area contributed by atoms with Crippen LogP contribution in [0.3, 0.4) is 0 Å². The second kappa shape index (κ2) is 5.24. The Hall–Kier alpha value is -1.47. The topological polar surface area (TPSA) is 99.5 Å². The van der Waals surface area contributed by atoms with Gasteiger partial charge in [0, 0.05) is 10.7 Å². The lowest BCUT2D eigenvalue weighted by Gasteiger charge is -2.18. The number of carbonyl (C=O) groups is 2. The van der Waals surface area contributed by atoms with Crippen molar-refractivity contribution in [2.45, 2.75) is 12.5 Å². The molecule has 92 valence electrons. The van der Waals surface area contributed by atoms with Crippen LogP contribution in [-0.4, -0.2) is 39.2 Å². The molecule has 1 aromatic rings. The molecule has 6 nitrogen and oxygen atoms in total. The number of halogens is 1. The van der Waals surface area contributed by atoms with Crippen molar-refractivity contribution in [2.24, 2.45) is 0 Å². The standard InChI is InChI=1S/C10H11BrN2O4/c1-10(17,9(15)16)5-13-8(14)7-6(11)3-2-4-12-7/h2-4,17H,5H2,1H3,(H,13,14)(H,15,16). The second-order valence-electron chi connectivity index (χ2n) is 3.60. The summed E-state index contributed by atoms with van der Waals surface area (Å²) in [5.41, 5.74) is -1.87. The van der Waals surface area contributed by atoms with E-state index in [0.717, 1.165) is 6.92 Å². The number of carbonyl (C=O) groups excluding carboxylic acids is 1. The van der Waals surface area contributed by atoms with Crippen LogP contribution in [0.25, 0.3) is 0 Å². The summed E-state index contributed by atoms with van der Waals surface area (Å²) < 4.78 is 0.493. The molecule has 1 rings (SSSR count). The highest BCUT2D eigenvalue weighted by molar-refractivity contribution is 9.10. The van der Waals surface area contributed by atoms with E-state index >= 15 is 0 Å². The molecule has 1 atom stereocenters. The summed E-state index contributed by atoms with van der Waals surface area (Å²) in [7, 11) is 0. The van der Waals surface area contributed by atoms with E-state index in [1.54, 1.807) is 12.1 Å². The minimum Gasteiger partial charge on any atom is -0.479 e. The second-order valence-corrected chi connectivity index (χ2v) is 4.45. The van der Waals surface area contributed by atoms with Crippen molar-refractivity contribution in [1.29, 1.82) is 0 Å². The third-order valence-electron chi connectivity index (χ3n) is 2.03. The summed E-state index contributed by atoms with van der Waals surface area (Å²) in [6, 6.07) is 3.28. The lowest BCUT2D eigenvalue weighted by Crippen LogP contribution is -2.46. The molecule has 0 aliphatic rings. The summed E-state index contributed by atoms with van der Waals surface area (Å²) in [6.07, 6.45) is 1.44. The van der Waals surface area contributed by atoms with E-state index in [1.165, 1.54) is 6.20 Å². The molecule has 0 bridgehead atoms. The van der Waals surface area contributed by atoms with Gasteiger partial charge in [0.25, 0.3) is 5.91 Å². The molecule has 0 aliphatic carbocycles. The van der Waals surface area contributed by atoms with Crippen molar-refractivity contribution in [2.75, 3.05) is 6.54 Å². The highest BCUT2D eigenvalue weighted by Gasteiger charge is 2.30. The van der Waals surface area contributed by atoms with Crippen LogP contribution in [0, 0.1) is 0 Å². The largest absolute Gasteiger partial charge is 0.479 e. The van der Waals surface area contributed by atoms with E-state index in [2.05, 4.69) is 26.2 Å². The fourth-order valence-electron chi connectivity index (χ4n) is 0.964. The number of pyridine rings is 1. The van der Waals surface area contributed by atoms with Crippen LogP contribution >= 0.6 is 15.9 Å². The van der Waals surface area contributed by atoms with E-state index in [4.69, 9.17) is 5.11 Å². The predicted octanol–water partition coefficient (Wildman–Crippen LogP) is 0.409. The van der Waals surface area contributed by atoms with E-state index < -0.39 is 24.0 Å². The first-order valence-corrected chi connectivity index (χ1v) is 5.48. The molecule has 0 spiro atoms. The number of nitrogens with zero attached hydrogens (tertiary/aromatic N) is 1. The Morgan fingerprint density at radius 2 is 2.24 bits per heavy atom. The van der Waals surface area contributed by atoms with Crippen molar-refractivity contribution in [3.8, 4) is 0 Å². The Bertz CT molecular complexity index is 448. The lowest BCUT2D eigenvalue weighted by atomic mass is 10.1. The van der Waals surface area contributed by atoms with Crippen LogP contribution in [-0.2, 0) is 4.79 Å². The van der Waals surface area contributed by atoms with Gasteiger partial charge in [0.2, 0.25) is 0 Å². The van der Waals surface area contributed by atoms with Crippen LogP contribution in [0.5, 0.6) is 0 Å². The highest BCUT2D eigenvalue weighted by atomic mass is 79.9. The molecule has 0 aliphatic heterocycles. The van der Waals surface area contributed by atoms with Crippen molar-refractivity contribution in [3.63, 3.8) is 0 Å². The van der Waals surface area contributed by atoms with Crippen molar-refractivity contribution < 1.29 is 19.8 Å². The Kier molecular flexibility index (Phi) is 4.19. The molecule has 1 aromatic heterocycles. The molecule has 0 saturated heterocycles. The van der Waals surface area contributed by atoms with Crippen LogP contribution in [0.2, 0.25) is 0 Å². The van der Waals surface area contributed by atoms with Gasteiger partial charge in [-0.15, -0.1) is 0 Å². The zero-order chi connectivity index (χ0) is 13.1. The van der Waals surface area contributed by atoms with Gasteiger partial charge in [-0.05, 0) is 35.0 Å². The van der Waals surface area contributed by atoms with Crippen LogP contribution in [0.4, 0.5) is 0 Å².